The minimum atomic E-state index is -0.279. The number of benzene rings is 1. The summed E-state index contributed by atoms with van der Waals surface area (Å²) < 4.78 is 5.90. The van der Waals surface area contributed by atoms with E-state index < -0.39 is 0 Å². The van der Waals surface area contributed by atoms with E-state index in [9.17, 15) is 5.11 Å². The SMILES string of the molecule is CC(CC(O)CC1OCCc2ccccc21)CC(C)(C)C. The highest BCUT2D eigenvalue weighted by molar-refractivity contribution is 5.30. The lowest BCUT2D eigenvalue weighted by molar-refractivity contribution is -0.00189. The van der Waals surface area contributed by atoms with E-state index >= 15 is 0 Å². The molecule has 3 unspecified atom stereocenters. The fourth-order valence-electron chi connectivity index (χ4n) is 3.61. The molecule has 1 aromatic rings. The van der Waals surface area contributed by atoms with Gasteiger partial charge in [0.15, 0.2) is 0 Å². The minimum absolute atomic E-state index is 0.0618. The average Bonchev–Trinajstić information content (AvgIpc) is 2.36. The third-order valence-corrected chi connectivity index (χ3v) is 4.21. The van der Waals surface area contributed by atoms with Gasteiger partial charge in [0.2, 0.25) is 0 Å². The molecule has 0 radical (unpaired) electrons. The van der Waals surface area contributed by atoms with Crippen LogP contribution in [0.5, 0.6) is 0 Å². The van der Waals surface area contributed by atoms with Gasteiger partial charge in [0.25, 0.3) is 0 Å². The predicted octanol–water partition coefficient (Wildman–Crippen LogP) is 4.51. The highest BCUT2D eigenvalue weighted by Crippen LogP contribution is 2.33. The Bertz CT molecular complexity index is 447. The summed E-state index contributed by atoms with van der Waals surface area (Å²) in [7, 11) is 0. The molecule has 0 saturated heterocycles. The van der Waals surface area contributed by atoms with Crippen LogP contribution in [0.3, 0.4) is 0 Å². The Kier molecular flexibility index (Phi) is 5.45. The van der Waals surface area contributed by atoms with Crippen LogP contribution in [0.1, 0.15) is 64.2 Å². The van der Waals surface area contributed by atoms with E-state index in [-0.39, 0.29) is 12.2 Å². The summed E-state index contributed by atoms with van der Waals surface area (Å²) in [6, 6.07) is 8.47. The zero-order valence-corrected chi connectivity index (χ0v) is 13.9. The lowest BCUT2D eigenvalue weighted by atomic mass is 9.82. The largest absolute Gasteiger partial charge is 0.393 e. The van der Waals surface area contributed by atoms with Gasteiger partial charge in [0.1, 0.15) is 0 Å². The number of aliphatic hydroxyl groups is 1. The number of ether oxygens (including phenoxy) is 1. The fourth-order valence-corrected chi connectivity index (χ4v) is 3.61. The molecular formula is C19H30O2. The standard InChI is InChI=1S/C19H30O2/c1-14(13-19(2,3)4)11-16(20)12-18-17-8-6-5-7-15(17)9-10-21-18/h5-8,14,16,18,20H,9-13H2,1-4H3. The van der Waals surface area contributed by atoms with Crippen molar-refractivity contribution in [1.29, 1.82) is 0 Å². The van der Waals surface area contributed by atoms with E-state index in [0.29, 0.717) is 17.8 Å². The van der Waals surface area contributed by atoms with Crippen LogP contribution in [0.15, 0.2) is 24.3 Å². The topological polar surface area (TPSA) is 29.5 Å². The van der Waals surface area contributed by atoms with Crippen LogP contribution in [0, 0.1) is 11.3 Å². The monoisotopic (exact) mass is 290 g/mol. The van der Waals surface area contributed by atoms with Gasteiger partial charge in [-0.05, 0) is 41.7 Å². The lowest BCUT2D eigenvalue weighted by Crippen LogP contribution is -2.23. The first-order valence-electron chi connectivity index (χ1n) is 8.22. The van der Waals surface area contributed by atoms with Crippen LogP contribution in [0.2, 0.25) is 0 Å². The third kappa shape index (κ3) is 5.12. The second kappa shape index (κ2) is 6.93. The summed E-state index contributed by atoms with van der Waals surface area (Å²) in [5, 5.41) is 10.4. The van der Waals surface area contributed by atoms with Gasteiger partial charge >= 0.3 is 0 Å². The maximum Gasteiger partial charge on any atom is 0.0852 e. The van der Waals surface area contributed by atoms with Crippen molar-refractivity contribution in [2.24, 2.45) is 11.3 Å². The Morgan fingerprint density at radius 3 is 2.71 bits per heavy atom. The van der Waals surface area contributed by atoms with Gasteiger partial charge in [0, 0.05) is 6.42 Å². The first-order valence-corrected chi connectivity index (χ1v) is 8.22. The fraction of sp³-hybridized carbons (Fsp3) is 0.684. The molecule has 1 N–H and O–H groups in total. The minimum Gasteiger partial charge on any atom is -0.393 e. The van der Waals surface area contributed by atoms with E-state index in [0.717, 1.165) is 25.9 Å². The Labute approximate surface area is 129 Å². The molecule has 0 bridgehead atoms. The molecule has 118 valence electrons. The predicted molar refractivity (Wildman–Crippen MR) is 87.3 cm³/mol. The van der Waals surface area contributed by atoms with Crippen molar-refractivity contribution in [3.63, 3.8) is 0 Å². The normalized spacial score (nSPS) is 21.7. The quantitative estimate of drug-likeness (QED) is 0.864. The Balaban J connectivity index is 1.90. The molecule has 0 aromatic heterocycles. The van der Waals surface area contributed by atoms with Gasteiger partial charge in [-0.2, -0.15) is 0 Å². The molecule has 0 amide bonds. The molecule has 3 atom stereocenters. The van der Waals surface area contributed by atoms with E-state index in [1.165, 1.54) is 11.1 Å². The highest BCUT2D eigenvalue weighted by atomic mass is 16.5. The maximum atomic E-state index is 10.4. The second-order valence-corrected chi connectivity index (χ2v) is 7.80. The summed E-state index contributed by atoms with van der Waals surface area (Å²) in [5.74, 6) is 0.541. The van der Waals surface area contributed by atoms with Crippen molar-refractivity contribution >= 4 is 0 Å². The molecule has 0 fully saturated rings. The molecule has 1 aliphatic rings. The number of rotatable bonds is 5. The van der Waals surface area contributed by atoms with Crippen molar-refractivity contribution in [2.45, 2.75) is 65.6 Å². The number of fused-ring (bicyclic) bond motifs is 1. The van der Waals surface area contributed by atoms with Crippen molar-refractivity contribution in [3.8, 4) is 0 Å². The molecule has 1 heterocycles. The summed E-state index contributed by atoms with van der Waals surface area (Å²) in [5.41, 5.74) is 2.97. The second-order valence-electron chi connectivity index (χ2n) is 7.80. The van der Waals surface area contributed by atoms with Gasteiger partial charge in [-0.1, -0.05) is 52.0 Å². The molecule has 21 heavy (non-hydrogen) atoms. The Morgan fingerprint density at radius 1 is 1.29 bits per heavy atom. The molecule has 0 spiro atoms. The number of hydrogen-bond acceptors (Lipinski definition) is 2. The zero-order chi connectivity index (χ0) is 15.5. The summed E-state index contributed by atoms with van der Waals surface area (Å²) in [4.78, 5) is 0. The van der Waals surface area contributed by atoms with Crippen molar-refractivity contribution in [2.75, 3.05) is 6.61 Å². The summed E-state index contributed by atoms with van der Waals surface area (Å²) in [6.45, 7) is 9.79. The molecule has 2 rings (SSSR count). The van der Waals surface area contributed by atoms with Gasteiger partial charge in [-0.15, -0.1) is 0 Å². The van der Waals surface area contributed by atoms with Gasteiger partial charge < -0.3 is 9.84 Å². The maximum absolute atomic E-state index is 10.4. The van der Waals surface area contributed by atoms with Gasteiger partial charge in [-0.25, -0.2) is 0 Å². The number of hydrogen-bond donors (Lipinski definition) is 1. The van der Waals surface area contributed by atoms with E-state index in [4.69, 9.17) is 4.74 Å². The number of aliphatic hydroxyl groups excluding tert-OH is 1. The molecule has 1 aromatic carbocycles. The third-order valence-electron chi connectivity index (χ3n) is 4.21. The van der Waals surface area contributed by atoms with Crippen LogP contribution < -0.4 is 0 Å². The first-order chi connectivity index (χ1) is 9.85. The van der Waals surface area contributed by atoms with Crippen LogP contribution in [0.4, 0.5) is 0 Å². The van der Waals surface area contributed by atoms with Crippen LogP contribution in [-0.2, 0) is 11.2 Å². The molecule has 1 aliphatic heterocycles. The van der Waals surface area contributed by atoms with Crippen LogP contribution >= 0.6 is 0 Å². The van der Waals surface area contributed by atoms with Crippen LogP contribution in [0.25, 0.3) is 0 Å². The molecular weight excluding hydrogens is 260 g/mol. The van der Waals surface area contributed by atoms with E-state index in [1.807, 2.05) is 0 Å². The molecule has 0 saturated carbocycles. The van der Waals surface area contributed by atoms with Gasteiger partial charge in [0.05, 0.1) is 18.8 Å². The summed E-state index contributed by atoms with van der Waals surface area (Å²) in [6.07, 6.45) is 3.49. The van der Waals surface area contributed by atoms with E-state index in [1.54, 1.807) is 0 Å². The first kappa shape index (κ1) is 16.5. The highest BCUT2D eigenvalue weighted by Gasteiger charge is 2.25. The Morgan fingerprint density at radius 2 is 2.00 bits per heavy atom. The Hall–Kier alpha value is -0.860. The van der Waals surface area contributed by atoms with Crippen molar-refractivity contribution < 1.29 is 9.84 Å². The van der Waals surface area contributed by atoms with Crippen molar-refractivity contribution in [3.05, 3.63) is 35.4 Å². The lowest BCUT2D eigenvalue weighted by Gasteiger charge is -2.29. The zero-order valence-electron chi connectivity index (χ0n) is 13.9. The van der Waals surface area contributed by atoms with Crippen molar-refractivity contribution in [1.82, 2.24) is 0 Å². The van der Waals surface area contributed by atoms with Crippen LogP contribution in [-0.4, -0.2) is 17.8 Å². The molecule has 0 aliphatic carbocycles. The van der Waals surface area contributed by atoms with E-state index in [2.05, 4.69) is 52.0 Å². The molecule has 2 heteroatoms. The smallest absolute Gasteiger partial charge is 0.0852 e. The average molecular weight is 290 g/mol. The summed E-state index contributed by atoms with van der Waals surface area (Å²) >= 11 is 0. The molecule has 2 nitrogen and oxygen atoms in total. The van der Waals surface area contributed by atoms with Gasteiger partial charge in [-0.3, -0.25) is 0 Å².